The molecule has 138 valence electrons. The lowest BCUT2D eigenvalue weighted by molar-refractivity contribution is -0.142. The molecule has 2 aliphatic rings. The number of hydrogen-bond donors (Lipinski definition) is 1. The molecule has 1 saturated heterocycles. The molecule has 7 heteroatoms. The van der Waals surface area contributed by atoms with Crippen molar-refractivity contribution < 1.29 is 19.5 Å². The molecule has 0 radical (unpaired) electrons. The van der Waals surface area contributed by atoms with Gasteiger partial charge < -0.3 is 10.0 Å². The summed E-state index contributed by atoms with van der Waals surface area (Å²) >= 11 is 0. The molecule has 3 rings (SSSR count). The standard InChI is InChI=1S/C19H23N3O4/c1-11-4-5-12(2)16(8-11)22-17(23)7-6-15(20-22)18(24)21-9-13(3)14(10-21)19(25)26/h4-5,8,13-14H,6-7,9-10H2,1-3H3,(H,25,26)/t13-,14-/m1/s1. The van der Waals surface area contributed by atoms with Gasteiger partial charge in [-0.2, -0.15) is 5.10 Å². The number of carbonyl (C=O) groups is 3. The Morgan fingerprint density at radius 1 is 1.19 bits per heavy atom. The number of hydrogen-bond acceptors (Lipinski definition) is 4. The average molecular weight is 357 g/mol. The summed E-state index contributed by atoms with van der Waals surface area (Å²) in [6.45, 7) is 6.25. The van der Waals surface area contributed by atoms with Gasteiger partial charge in [0.1, 0.15) is 5.71 Å². The molecule has 2 amide bonds. The molecular weight excluding hydrogens is 334 g/mol. The maximum atomic E-state index is 12.8. The van der Waals surface area contributed by atoms with Gasteiger partial charge in [-0.3, -0.25) is 14.4 Å². The number of amides is 2. The number of carboxylic acids is 1. The molecule has 2 heterocycles. The lowest BCUT2D eigenvalue weighted by Crippen LogP contribution is -2.41. The third-order valence-corrected chi connectivity index (χ3v) is 5.09. The highest BCUT2D eigenvalue weighted by atomic mass is 16.4. The smallest absolute Gasteiger partial charge is 0.308 e. The quantitative estimate of drug-likeness (QED) is 0.895. The number of rotatable bonds is 3. The Labute approximate surface area is 152 Å². The fraction of sp³-hybridized carbons (Fsp3) is 0.474. The lowest BCUT2D eigenvalue weighted by Gasteiger charge is -2.26. The summed E-state index contributed by atoms with van der Waals surface area (Å²) < 4.78 is 0. The second-order valence-electron chi connectivity index (χ2n) is 7.17. The van der Waals surface area contributed by atoms with Gasteiger partial charge in [-0.25, -0.2) is 5.01 Å². The molecular formula is C19H23N3O4. The van der Waals surface area contributed by atoms with Gasteiger partial charge in [-0.1, -0.05) is 19.1 Å². The number of anilines is 1. The van der Waals surface area contributed by atoms with Gasteiger partial charge in [0, 0.05) is 25.9 Å². The van der Waals surface area contributed by atoms with Crippen molar-refractivity contribution in [3.63, 3.8) is 0 Å². The van der Waals surface area contributed by atoms with Gasteiger partial charge >= 0.3 is 5.97 Å². The van der Waals surface area contributed by atoms with Gasteiger partial charge in [0.05, 0.1) is 11.6 Å². The second-order valence-corrected chi connectivity index (χ2v) is 7.17. The summed E-state index contributed by atoms with van der Waals surface area (Å²) in [5.41, 5.74) is 2.90. The first-order chi connectivity index (χ1) is 12.3. The van der Waals surface area contributed by atoms with Crippen molar-refractivity contribution in [1.82, 2.24) is 4.90 Å². The minimum atomic E-state index is -0.884. The van der Waals surface area contributed by atoms with Crippen LogP contribution < -0.4 is 5.01 Å². The van der Waals surface area contributed by atoms with E-state index in [1.807, 2.05) is 39.0 Å². The van der Waals surface area contributed by atoms with Crippen molar-refractivity contribution in [2.24, 2.45) is 16.9 Å². The Kier molecular flexibility index (Phi) is 4.80. The van der Waals surface area contributed by atoms with Crippen LogP contribution in [-0.2, 0) is 14.4 Å². The summed E-state index contributed by atoms with van der Waals surface area (Å²) in [6.07, 6.45) is 0.491. The maximum absolute atomic E-state index is 12.8. The largest absolute Gasteiger partial charge is 0.481 e. The van der Waals surface area contributed by atoms with Gasteiger partial charge in [0.2, 0.25) is 5.91 Å². The molecule has 0 aliphatic carbocycles. The highest BCUT2D eigenvalue weighted by Crippen LogP contribution is 2.27. The summed E-state index contributed by atoms with van der Waals surface area (Å²) in [5.74, 6) is -1.96. The zero-order chi connectivity index (χ0) is 19.0. The molecule has 0 saturated carbocycles. The van der Waals surface area contributed by atoms with E-state index in [2.05, 4.69) is 5.10 Å². The van der Waals surface area contributed by atoms with Crippen LogP contribution in [0.2, 0.25) is 0 Å². The van der Waals surface area contributed by atoms with Crippen molar-refractivity contribution in [3.8, 4) is 0 Å². The van der Waals surface area contributed by atoms with Crippen molar-refractivity contribution in [2.45, 2.75) is 33.6 Å². The molecule has 1 aromatic rings. The first kappa shape index (κ1) is 18.1. The number of benzene rings is 1. The minimum Gasteiger partial charge on any atom is -0.481 e. The predicted molar refractivity (Wildman–Crippen MR) is 96.9 cm³/mol. The first-order valence-corrected chi connectivity index (χ1v) is 8.77. The average Bonchev–Trinajstić information content (AvgIpc) is 2.99. The van der Waals surface area contributed by atoms with Gasteiger partial charge in [0.15, 0.2) is 0 Å². The molecule has 1 N–H and O–H groups in total. The number of aryl methyl sites for hydroxylation is 2. The van der Waals surface area contributed by atoms with Crippen LogP contribution in [-0.4, -0.2) is 46.6 Å². The molecule has 1 fully saturated rings. The maximum Gasteiger partial charge on any atom is 0.308 e. The third kappa shape index (κ3) is 3.34. The van der Waals surface area contributed by atoms with Gasteiger partial charge in [0.25, 0.3) is 5.91 Å². The van der Waals surface area contributed by atoms with Crippen LogP contribution in [0.15, 0.2) is 23.3 Å². The Bertz CT molecular complexity index is 802. The highest BCUT2D eigenvalue weighted by Gasteiger charge is 2.39. The van der Waals surface area contributed by atoms with Crippen LogP contribution in [0.3, 0.4) is 0 Å². The van der Waals surface area contributed by atoms with Crippen LogP contribution in [0.4, 0.5) is 5.69 Å². The molecule has 0 aromatic heterocycles. The number of carbonyl (C=O) groups excluding carboxylic acids is 2. The van der Waals surface area contributed by atoms with Crippen molar-refractivity contribution in [3.05, 3.63) is 29.3 Å². The number of carboxylic acid groups (broad SMARTS) is 1. The fourth-order valence-corrected chi connectivity index (χ4v) is 3.48. The van der Waals surface area contributed by atoms with E-state index < -0.39 is 11.9 Å². The zero-order valence-electron chi connectivity index (χ0n) is 15.2. The number of hydrazone groups is 1. The number of likely N-dealkylation sites (tertiary alicyclic amines) is 1. The molecule has 0 spiro atoms. The molecule has 0 unspecified atom stereocenters. The van der Waals surface area contributed by atoms with E-state index >= 15 is 0 Å². The Hall–Kier alpha value is -2.70. The van der Waals surface area contributed by atoms with Gasteiger partial charge in [-0.05, 0) is 37.0 Å². The van der Waals surface area contributed by atoms with E-state index in [0.717, 1.165) is 11.1 Å². The van der Waals surface area contributed by atoms with Crippen LogP contribution >= 0.6 is 0 Å². The van der Waals surface area contributed by atoms with E-state index in [9.17, 15) is 19.5 Å². The first-order valence-electron chi connectivity index (χ1n) is 8.77. The fourth-order valence-electron chi connectivity index (χ4n) is 3.48. The van der Waals surface area contributed by atoms with E-state index in [1.54, 1.807) is 4.90 Å². The van der Waals surface area contributed by atoms with Crippen molar-refractivity contribution in [1.29, 1.82) is 0 Å². The van der Waals surface area contributed by atoms with Crippen molar-refractivity contribution >= 4 is 29.2 Å². The lowest BCUT2D eigenvalue weighted by atomic mass is 9.99. The Balaban J connectivity index is 1.86. The van der Waals surface area contributed by atoms with E-state index in [-0.39, 0.29) is 37.1 Å². The molecule has 26 heavy (non-hydrogen) atoms. The number of nitrogens with zero attached hydrogens (tertiary/aromatic N) is 3. The zero-order valence-corrected chi connectivity index (χ0v) is 15.2. The summed E-state index contributed by atoms with van der Waals surface area (Å²) in [6, 6.07) is 5.76. The van der Waals surface area contributed by atoms with Gasteiger partial charge in [-0.15, -0.1) is 0 Å². The molecule has 1 aromatic carbocycles. The minimum absolute atomic E-state index is 0.0996. The van der Waals surface area contributed by atoms with Crippen molar-refractivity contribution in [2.75, 3.05) is 18.1 Å². The van der Waals surface area contributed by atoms with Crippen LogP contribution in [0.1, 0.15) is 30.9 Å². The third-order valence-electron chi connectivity index (χ3n) is 5.09. The normalized spacial score (nSPS) is 23.2. The van der Waals surface area contributed by atoms with E-state index in [4.69, 9.17) is 0 Å². The molecule has 2 atom stereocenters. The van der Waals surface area contributed by atoms with E-state index in [0.29, 0.717) is 17.9 Å². The predicted octanol–water partition coefficient (Wildman–Crippen LogP) is 1.97. The Morgan fingerprint density at radius 3 is 2.58 bits per heavy atom. The monoisotopic (exact) mass is 357 g/mol. The molecule has 7 nitrogen and oxygen atoms in total. The Morgan fingerprint density at radius 2 is 1.92 bits per heavy atom. The van der Waals surface area contributed by atoms with E-state index in [1.165, 1.54) is 5.01 Å². The van der Waals surface area contributed by atoms with Crippen LogP contribution in [0.25, 0.3) is 0 Å². The topological polar surface area (TPSA) is 90.3 Å². The summed E-state index contributed by atoms with van der Waals surface area (Å²) in [7, 11) is 0. The second kappa shape index (κ2) is 6.90. The number of aliphatic carboxylic acids is 1. The molecule has 2 aliphatic heterocycles. The van der Waals surface area contributed by atoms with Crippen LogP contribution in [0.5, 0.6) is 0 Å². The van der Waals surface area contributed by atoms with Crippen LogP contribution in [0, 0.1) is 25.7 Å². The SMILES string of the molecule is Cc1ccc(C)c(N2N=C(C(=O)N3C[C@@H](C)[C@H](C(=O)O)C3)CCC2=O)c1. The molecule has 0 bridgehead atoms. The summed E-state index contributed by atoms with van der Waals surface area (Å²) in [4.78, 5) is 38.0. The highest BCUT2D eigenvalue weighted by molar-refractivity contribution is 6.40. The summed E-state index contributed by atoms with van der Waals surface area (Å²) in [5, 5.41) is 14.9.